The van der Waals surface area contributed by atoms with E-state index in [0.717, 1.165) is 5.56 Å². The molecule has 1 N–H and O–H groups in total. The topological polar surface area (TPSA) is 66.1 Å². The summed E-state index contributed by atoms with van der Waals surface area (Å²) >= 11 is 5.97. The third-order valence-corrected chi connectivity index (χ3v) is 5.15. The number of H-pyrrole nitrogens is 1. The zero-order valence-electron chi connectivity index (χ0n) is 16.2. The fourth-order valence-electron chi connectivity index (χ4n) is 3.33. The molecule has 150 valence electrons. The van der Waals surface area contributed by atoms with Crippen molar-refractivity contribution in [3.8, 4) is 0 Å². The molecule has 4 aromatic rings. The van der Waals surface area contributed by atoms with Crippen LogP contribution in [0, 0.1) is 0 Å². The molecule has 0 aliphatic carbocycles. The van der Waals surface area contributed by atoms with Gasteiger partial charge in [-0.3, -0.25) is 9.59 Å². The highest BCUT2D eigenvalue weighted by atomic mass is 35.5. The van der Waals surface area contributed by atoms with Crippen LogP contribution in [0.25, 0.3) is 10.9 Å². The summed E-state index contributed by atoms with van der Waals surface area (Å²) in [5, 5.41) is 1.10. The van der Waals surface area contributed by atoms with E-state index in [9.17, 15) is 9.59 Å². The van der Waals surface area contributed by atoms with Gasteiger partial charge in [-0.05, 0) is 48.4 Å². The molecule has 0 bridgehead atoms. The van der Waals surface area contributed by atoms with Gasteiger partial charge in [0, 0.05) is 17.1 Å². The first kappa shape index (κ1) is 19.9. The van der Waals surface area contributed by atoms with Crippen molar-refractivity contribution in [2.45, 2.75) is 13.0 Å². The maximum Gasteiger partial charge on any atom is 0.258 e. The number of hydrogen-bond donors (Lipinski definition) is 1. The summed E-state index contributed by atoms with van der Waals surface area (Å²) < 4.78 is 0. The zero-order chi connectivity index (χ0) is 20.9. The molecule has 0 saturated carbocycles. The lowest BCUT2D eigenvalue weighted by Gasteiger charge is -2.22. The number of aromatic nitrogens is 2. The predicted molar refractivity (Wildman–Crippen MR) is 119 cm³/mol. The standard InChI is InChI=1S/C24H20ClN3O2/c25-19-12-10-18(11-13-19)24(30)28(15-14-17-6-2-1-3-7-17)16-22-26-21-9-5-4-8-20(21)23(29)27-22/h1-13H,14-16H2,(H,26,27,29). The maximum atomic E-state index is 13.2. The molecule has 6 heteroatoms. The number of rotatable bonds is 6. The first-order valence-corrected chi connectivity index (χ1v) is 10.0. The fraction of sp³-hybridized carbons (Fsp3) is 0.125. The number of fused-ring (bicyclic) bond motifs is 1. The van der Waals surface area contributed by atoms with Crippen LogP contribution in [0.4, 0.5) is 0 Å². The second-order valence-electron chi connectivity index (χ2n) is 7.00. The lowest BCUT2D eigenvalue weighted by atomic mass is 10.1. The van der Waals surface area contributed by atoms with Gasteiger partial charge in [0.1, 0.15) is 5.82 Å². The summed E-state index contributed by atoms with van der Waals surface area (Å²) in [4.78, 5) is 34.7. The number of amides is 1. The van der Waals surface area contributed by atoms with Gasteiger partial charge in [-0.1, -0.05) is 54.1 Å². The van der Waals surface area contributed by atoms with Gasteiger partial charge in [0.25, 0.3) is 11.5 Å². The van der Waals surface area contributed by atoms with Crippen molar-refractivity contribution >= 4 is 28.4 Å². The molecule has 30 heavy (non-hydrogen) atoms. The maximum absolute atomic E-state index is 13.2. The van der Waals surface area contributed by atoms with Crippen LogP contribution in [0.1, 0.15) is 21.7 Å². The summed E-state index contributed by atoms with van der Waals surface area (Å²) in [7, 11) is 0. The first-order valence-electron chi connectivity index (χ1n) is 9.67. The van der Waals surface area contributed by atoms with E-state index in [1.165, 1.54) is 0 Å². The number of aromatic amines is 1. The highest BCUT2D eigenvalue weighted by molar-refractivity contribution is 6.30. The zero-order valence-corrected chi connectivity index (χ0v) is 17.0. The Labute approximate surface area is 179 Å². The van der Waals surface area contributed by atoms with E-state index in [1.54, 1.807) is 47.4 Å². The number of hydrogen-bond acceptors (Lipinski definition) is 3. The van der Waals surface area contributed by atoms with Gasteiger partial charge < -0.3 is 9.88 Å². The molecular weight excluding hydrogens is 398 g/mol. The van der Waals surface area contributed by atoms with Crippen molar-refractivity contribution in [2.24, 2.45) is 0 Å². The molecule has 0 spiro atoms. The molecule has 3 aromatic carbocycles. The molecular formula is C24H20ClN3O2. The van der Waals surface area contributed by atoms with Crippen molar-refractivity contribution in [2.75, 3.05) is 6.54 Å². The van der Waals surface area contributed by atoms with E-state index in [0.29, 0.717) is 40.3 Å². The van der Waals surface area contributed by atoms with E-state index in [-0.39, 0.29) is 18.0 Å². The van der Waals surface area contributed by atoms with Crippen LogP contribution in [-0.2, 0) is 13.0 Å². The Balaban J connectivity index is 1.63. The number of carbonyl (C=O) groups is 1. The van der Waals surface area contributed by atoms with Gasteiger partial charge in [0.2, 0.25) is 0 Å². The molecule has 0 saturated heterocycles. The van der Waals surface area contributed by atoms with Crippen molar-refractivity contribution in [3.63, 3.8) is 0 Å². The average Bonchev–Trinajstić information content (AvgIpc) is 2.77. The number of benzene rings is 3. The summed E-state index contributed by atoms with van der Waals surface area (Å²) in [5.41, 5.74) is 2.07. The average molecular weight is 418 g/mol. The molecule has 1 aromatic heterocycles. The summed E-state index contributed by atoms with van der Waals surface area (Å²) in [6, 6.07) is 23.9. The highest BCUT2D eigenvalue weighted by Crippen LogP contribution is 2.14. The molecule has 5 nitrogen and oxygen atoms in total. The van der Waals surface area contributed by atoms with E-state index >= 15 is 0 Å². The van der Waals surface area contributed by atoms with Gasteiger partial charge in [-0.2, -0.15) is 0 Å². The predicted octanol–water partition coefficient (Wildman–Crippen LogP) is 4.46. The van der Waals surface area contributed by atoms with Crippen molar-refractivity contribution in [1.82, 2.24) is 14.9 Å². The number of nitrogens with zero attached hydrogens (tertiary/aromatic N) is 2. The van der Waals surface area contributed by atoms with Crippen molar-refractivity contribution < 1.29 is 4.79 Å². The summed E-state index contributed by atoms with van der Waals surface area (Å²) in [6.07, 6.45) is 0.692. The van der Waals surface area contributed by atoms with Gasteiger partial charge in [0.15, 0.2) is 0 Å². The molecule has 0 unspecified atom stereocenters. The third-order valence-electron chi connectivity index (χ3n) is 4.89. The molecule has 0 fully saturated rings. The SMILES string of the molecule is O=C(c1ccc(Cl)cc1)N(CCc1ccccc1)Cc1nc2ccccc2c(=O)[nH]1. The van der Waals surface area contributed by atoms with Gasteiger partial charge >= 0.3 is 0 Å². The molecule has 0 aliphatic heterocycles. The second kappa shape index (κ2) is 8.93. The minimum atomic E-state index is -0.211. The minimum Gasteiger partial charge on any atom is -0.331 e. The highest BCUT2D eigenvalue weighted by Gasteiger charge is 2.18. The Morgan fingerprint density at radius 2 is 1.63 bits per heavy atom. The van der Waals surface area contributed by atoms with Gasteiger partial charge in [-0.15, -0.1) is 0 Å². The van der Waals surface area contributed by atoms with Gasteiger partial charge in [0.05, 0.1) is 17.4 Å². The summed E-state index contributed by atoms with van der Waals surface area (Å²) in [5.74, 6) is 0.312. The van der Waals surface area contributed by atoms with Crippen LogP contribution in [0.3, 0.4) is 0 Å². The van der Waals surface area contributed by atoms with Crippen LogP contribution in [0.2, 0.25) is 5.02 Å². The minimum absolute atomic E-state index is 0.140. The Morgan fingerprint density at radius 3 is 2.40 bits per heavy atom. The molecule has 1 amide bonds. The van der Waals surface area contributed by atoms with Crippen LogP contribution in [-0.4, -0.2) is 27.3 Å². The number of carbonyl (C=O) groups excluding carboxylic acids is 1. The second-order valence-corrected chi connectivity index (χ2v) is 7.44. The normalized spacial score (nSPS) is 10.8. The van der Waals surface area contributed by atoms with E-state index in [1.807, 2.05) is 36.4 Å². The van der Waals surface area contributed by atoms with Crippen molar-refractivity contribution in [1.29, 1.82) is 0 Å². The van der Waals surface area contributed by atoms with E-state index in [4.69, 9.17) is 11.6 Å². The Morgan fingerprint density at radius 1 is 0.933 bits per heavy atom. The lowest BCUT2D eigenvalue weighted by Crippen LogP contribution is -2.34. The first-order chi connectivity index (χ1) is 14.6. The summed E-state index contributed by atoms with van der Waals surface area (Å²) in [6.45, 7) is 0.691. The smallest absolute Gasteiger partial charge is 0.258 e. The molecule has 0 atom stereocenters. The van der Waals surface area contributed by atoms with Crippen LogP contribution >= 0.6 is 11.6 Å². The number of nitrogens with one attached hydrogen (secondary N) is 1. The molecule has 4 rings (SSSR count). The Hall–Kier alpha value is -3.44. The van der Waals surface area contributed by atoms with Crippen LogP contribution < -0.4 is 5.56 Å². The van der Waals surface area contributed by atoms with E-state index in [2.05, 4.69) is 9.97 Å². The molecule has 1 heterocycles. The van der Waals surface area contributed by atoms with Crippen LogP contribution in [0.15, 0.2) is 83.7 Å². The van der Waals surface area contributed by atoms with Gasteiger partial charge in [-0.25, -0.2) is 4.98 Å². The van der Waals surface area contributed by atoms with Crippen molar-refractivity contribution in [3.05, 3.63) is 111 Å². The molecule has 0 radical (unpaired) electrons. The Kier molecular flexibility index (Phi) is 5.91. The molecule has 0 aliphatic rings. The largest absolute Gasteiger partial charge is 0.331 e. The number of para-hydroxylation sites is 1. The Bertz CT molecular complexity index is 1220. The van der Waals surface area contributed by atoms with Crippen LogP contribution in [0.5, 0.6) is 0 Å². The van der Waals surface area contributed by atoms with E-state index < -0.39 is 0 Å². The number of halogens is 1. The lowest BCUT2D eigenvalue weighted by molar-refractivity contribution is 0.0741. The third kappa shape index (κ3) is 4.58. The quantitative estimate of drug-likeness (QED) is 0.503. The fourth-order valence-corrected chi connectivity index (χ4v) is 3.45. The monoisotopic (exact) mass is 417 g/mol.